The average molecular weight is 551 g/mol. The molecule has 38 heavy (non-hydrogen) atoms. The second-order valence-corrected chi connectivity index (χ2v) is 9.94. The van der Waals surface area contributed by atoms with Crippen LogP contribution in [0.3, 0.4) is 0 Å². The standard InChI is InChI=1S/C23H17F5N4OS.C3H6O/c1-2-13-11-31(6-5-29-13)21-15-10-16(23(26,27)28)18(14-4-3-12(24)9-17(14)25)20-19(15)32(7-8-34-20)22(33)30-21;1-2-4-3-1/h3-4,9-10,29H,1,5-8,11H2;1-3H2. The molecule has 1 N–H and O–H groups in total. The third-order valence-corrected chi connectivity index (χ3v) is 7.50. The minimum atomic E-state index is -4.84. The highest BCUT2D eigenvalue weighted by Gasteiger charge is 2.39. The van der Waals surface area contributed by atoms with Gasteiger partial charge in [-0.25, -0.2) is 13.6 Å². The normalized spacial score (nSPS) is 16.8. The van der Waals surface area contributed by atoms with E-state index in [1.807, 2.05) is 0 Å². The molecule has 0 unspecified atom stereocenters. The average Bonchev–Trinajstić information content (AvgIpc) is 2.84. The molecule has 0 spiro atoms. The molecule has 0 saturated carbocycles. The highest BCUT2D eigenvalue weighted by atomic mass is 32.2. The maximum absolute atomic E-state index is 14.7. The number of aromatic nitrogens is 2. The Balaban J connectivity index is 0.000000673. The fraction of sp³-hybridized carbons (Fsp3) is 0.346. The molecule has 0 atom stereocenters. The van der Waals surface area contributed by atoms with Gasteiger partial charge in [0, 0.05) is 66.1 Å². The number of anilines is 1. The lowest BCUT2D eigenvalue weighted by Crippen LogP contribution is -2.43. The summed E-state index contributed by atoms with van der Waals surface area (Å²) in [6, 6.07) is 3.38. The fourth-order valence-corrected chi connectivity index (χ4v) is 5.71. The van der Waals surface area contributed by atoms with E-state index in [4.69, 9.17) is 4.74 Å². The summed E-state index contributed by atoms with van der Waals surface area (Å²) in [6.45, 7) is 6.95. The molecular formula is C26H23F5N4O2S. The number of aryl methyl sites for hydroxylation is 1. The summed E-state index contributed by atoms with van der Waals surface area (Å²) in [7, 11) is 0. The zero-order valence-corrected chi connectivity index (χ0v) is 20.9. The molecule has 3 aliphatic rings. The Morgan fingerprint density at radius 1 is 1.16 bits per heavy atom. The lowest BCUT2D eigenvalue weighted by molar-refractivity contribution is -0.137. The van der Waals surface area contributed by atoms with E-state index in [9.17, 15) is 26.7 Å². The summed E-state index contributed by atoms with van der Waals surface area (Å²) in [5.41, 5.74) is 1.18. The van der Waals surface area contributed by atoms with E-state index in [0.29, 0.717) is 30.6 Å². The number of hydrogen-bond acceptors (Lipinski definition) is 6. The van der Waals surface area contributed by atoms with Crippen molar-refractivity contribution < 1.29 is 26.7 Å². The Hall–Kier alpha value is -3.34. The molecule has 0 bridgehead atoms. The Kier molecular flexibility index (Phi) is 7.21. The van der Waals surface area contributed by atoms with E-state index in [1.165, 1.54) is 11.0 Å². The molecular weight excluding hydrogens is 527 g/mol. The van der Waals surface area contributed by atoms with Crippen molar-refractivity contribution in [2.75, 3.05) is 43.5 Å². The number of thioether (sulfide) groups is 1. The van der Waals surface area contributed by atoms with Crippen LogP contribution in [0.25, 0.3) is 22.0 Å². The van der Waals surface area contributed by atoms with Gasteiger partial charge in [-0.2, -0.15) is 18.2 Å². The van der Waals surface area contributed by atoms with Crippen LogP contribution in [0, 0.1) is 11.6 Å². The number of alkyl halides is 3. The van der Waals surface area contributed by atoms with Crippen LogP contribution in [0.1, 0.15) is 12.0 Å². The summed E-state index contributed by atoms with van der Waals surface area (Å²) in [5, 5.41) is 3.23. The summed E-state index contributed by atoms with van der Waals surface area (Å²) in [4.78, 5) is 18.9. The zero-order chi connectivity index (χ0) is 27.0. The van der Waals surface area contributed by atoms with E-state index in [-0.39, 0.29) is 40.3 Å². The van der Waals surface area contributed by atoms with Gasteiger partial charge in [0.1, 0.15) is 17.5 Å². The van der Waals surface area contributed by atoms with Crippen LogP contribution < -0.4 is 15.9 Å². The van der Waals surface area contributed by atoms with Gasteiger partial charge in [0.05, 0.1) is 23.3 Å². The van der Waals surface area contributed by atoms with E-state index in [2.05, 4.69) is 22.6 Å². The van der Waals surface area contributed by atoms with Crippen molar-refractivity contribution in [3.63, 3.8) is 0 Å². The van der Waals surface area contributed by atoms with Gasteiger partial charge in [-0.1, -0.05) is 6.58 Å². The summed E-state index contributed by atoms with van der Waals surface area (Å²) in [5.74, 6) is -1.59. The van der Waals surface area contributed by atoms with Crippen LogP contribution in [0.2, 0.25) is 0 Å². The largest absolute Gasteiger partial charge is 0.417 e. The van der Waals surface area contributed by atoms with Crippen molar-refractivity contribution >= 4 is 28.5 Å². The quantitative estimate of drug-likeness (QED) is 0.360. The lowest BCUT2D eigenvalue weighted by Gasteiger charge is -2.32. The van der Waals surface area contributed by atoms with Crippen molar-refractivity contribution in [2.45, 2.75) is 24.0 Å². The summed E-state index contributed by atoms with van der Waals surface area (Å²) in [6.07, 6.45) is -3.56. The molecule has 0 amide bonds. The molecule has 0 radical (unpaired) electrons. The second kappa shape index (κ2) is 10.4. The lowest BCUT2D eigenvalue weighted by atomic mass is 9.95. The Morgan fingerprint density at radius 3 is 2.53 bits per heavy atom. The van der Waals surface area contributed by atoms with Crippen LogP contribution in [-0.2, 0) is 17.5 Å². The number of piperazine rings is 1. The molecule has 3 aliphatic heterocycles. The van der Waals surface area contributed by atoms with E-state index in [0.717, 1.165) is 43.2 Å². The number of rotatable bonds is 2. The van der Waals surface area contributed by atoms with Gasteiger partial charge < -0.3 is 15.0 Å². The van der Waals surface area contributed by atoms with Crippen molar-refractivity contribution in [3.05, 3.63) is 70.0 Å². The predicted octanol–water partition coefficient (Wildman–Crippen LogP) is 4.95. The number of halogens is 5. The molecule has 3 aromatic rings. The number of benzene rings is 2. The first-order chi connectivity index (χ1) is 18.2. The van der Waals surface area contributed by atoms with Crippen molar-refractivity contribution in [3.8, 4) is 11.1 Å². The molecule has 2 aromatic carbocycles. The third-order valence-electron chi connectivity index (χ3n) is 6.43. The first-order valence-electron chi connectivity index (χ1n) is 11.9. The van der Waals surface area contributed by atoms with Gasteiger partial charge in [-0.3, -0.25) is 4.57 Å². The van der Waals surface area contributed by atoms with Crippen molar-refractivity contribution in [2.24, 2.45) is 0 Å². The Morgan fingerprint density at radius 2 is 1.89 bits per heavy atom. The van der Waals surface area contributed by atoms with E-state index >= 15 is 0 Å². The van der Waals surface area contributed by atoms with Crippen LogP contribution in [0.4, 0.5) is 27.8 Å². The van der Waals surface area contributed by atoms with Crippen LogP contribution in [0.15, 0.2) is 52.0 Å². The molecule has 0 aliphatic carbocycles. The second-order valence-electron chi connectivity index (χ2n) is 8.83. The van der Waals surface area contributed by atoms with Crippen LogP contribution >= 0.6 is 11.8 Å². The van der Waals surface area contributed by atoms with Crippen molar-refractivity contribution in [1.29, 1.82) is 0 Å². The highest BCUT2D eigenvalue weighted by molar-refractivity contribution is 7.99. The number of hydrogen-bond donors (Lipinski definition) is 1. The number of ether oxygens (including phenoxy) is 1. The van der Waals surface area contributed by atoms with Crippen LogP contribution in [-0.4, -0.2) is 48.2 Å². The molecule has 6 nitrogen and oxygen atoms in total. The van der Waals surface area contributed by atoms with Crippen LogP contribution in [0.5, 0.6) is 0 Å². The predicted molar refractivity (Wildman–Crippen MR) is 135 cm³/mol. The smallest absolute Gasteiger partial charge is 0.381 e. The number of nitrogens with one attached hydrogen (secondary N) is 1. The van der Waals surface area contributed by atoms with Gasteiger partial charge in [0.15, 0.2) is 0 Å². The maximum atomic E-state index is 14.7. The molecule has 4 heterocycles. The zero-order valence-electron chi connectivity index (χ0n) is 20.1. The molecule has 2 saturated heterocycles. The van der Waals surface area contributed by atoms with E-state index in [1.54, 1.807) is 4.90 Å². The maximum Gasteiger partial charge on any atom is 0.417 e. The van der Waals surface area contributed by atoms with Crippen molar-refractivity contribution in [1.82, 2.24) is 14.9 Å². The molecule has 6 rings (SSSR count). The summed E-state index contributed by atoms with van der Waals surface area (Å²) >= 11 is 1.11. The Bertz CT molecular complexity index is 1510. The fourth-order valence-electron chi connectivity index (χ4n) is 4.52. The van der Waals surface area contributed by atoms with Gasteiger partial charge in [-0.05, 0) is 24.6 Å². The molecule has 1 aromatic heterocycles. The van der Waals surface area contributed by atoms with Gasteiger partial charge in [-0.15, -0.1) is 17.5 Å². The van der Waals surface area contributed by atoms with E-state index < -0.39 is 34.6 Å². The molecule has 12 heteroatoms. The van der Waals surface area contributed by atoms with Gasteiger partial charge in [0.25, 0.3) is 0 Å². The highest BCUT2D eigenvalue weighted by Crippen LogP contribution is 2.48. The SMILES string of the molecule is C1COC1.C=C=C1CN(c2nc(=O)n3c4c(c(-c5ccc(F)cc5F)c(C(F)(F)F)cc24)SCC3)CCN1. The minimum absolute atomic E-state index is 0.117. The molecule has 200 valence electrons. The first-order valence-corrected chi connectivity index (χ1v) is 12.9. The summed E-state index contributed by atoms with van der Waals surface area (Å²) < 4.78 is 77.3. The van der Waals surface area contributed by atoms with Gasteiger partial charge in [0.2, 0.25) is 0 Å². The third kappa shape index (κ3) is 4.91. The molecule has 2 fully saturated rings. The monoisotopic (exact) mass is 550 g/mol. The first kappa shape index (κ1) is 26.3. The number of nitrogens with zero attached hydrogens (tertiary/aromatic N) is 3. The van der Waals surface area contributed by atoms with Gasteiger partial charge >= 0.3 is 11.9 Å². The topological polar surface area (TPSA) is 59.4 Å². The minimum Gasteiger partial charge on any atom is -0.381 e. The Labute approximate surface area is 218 Å².